The summed E-state index contributed by atoms with van der Waals surface area (Å²) >= 11 is 0. The Morgan fingerprint density at radius 3 is 0.910 bits per heavy atom. The van der Waals surface area contributed by atoms with Gasteiger partial charge < -0.3 is 14.2 Å². The molecule has 0 saturated heterocycles. The van der Waals surface area contributed by atoms with Crippen molar-refractivity contribution in [3.05, 3.63) is 60.8 Å². The predicted octanol–water partition coefficient (Wildman–Crippen LogP) is 19.2. The molecule has 0 N–H and O–H groups in total. The summed E-state index contributed by atoms with van der Waals surface area (Å²) in [5.74, 6) is -0.893. The maximum Gasteiger partial charge on any atom is 0.306 e. The molecule has 6 heteroatoms. The normalized spacial score (nSPS) is 12.5. The van der Waals surface area contributed by atoms with E-state index in [1.54, 1.807) is 0 Å². The highest BCUT2D eigenvalue weighted by Crippen LogP contribution is 2.16. The van der Waals surface area contributed by atoms with Crippen LogP contribution in [-0.4, -0.2) is 37.2 Å². The van der Waals surface area contributed by atoms with Crippen LogP contribution in [0.4, 0.5) is 0 Å². The molecule has 0 aliphatic carbocycles. The number of hydrogen-bond acceptors (Lipinski definition) is 6. The van der Waals surface area contributed by atoms with Crippen LogP contribution in [0.5, 0.6) is 0 Å². The smallest absolute Gasteiger partial charge is 0.306 e. The van der Waals surface area contributed by atoms with Crippen molar-refractivity contribution in [2.75, 3.05) is 13.2 Å². The van der Waals surface area contributed by atoms with E-state index < -0.39 is 6.10 Å². The Morgan fingerprint density at radius 2 is 0.582 bits per heavy atom. The van der Waals surface area contributed by atoms with E-state index in [1.165, 1.54) is 154 Å². The average Bonchev–Trinajstić information content (AvgIpc) is 3.33. The first-order valence-electron chi connectivity index (χ1n) is 28.8. The van der Waals surface area contributed by atoms with E-state index in [-0.39, 0.29) is 31.1 Å². The molecule has 388 valence electrons. The SMILES string of the molecule is CC/C=C\C/C=C\C/C=C\CCCCCCCCCC(=O)OC(COC(=O)CCCCCCC)COC(=O)CCCCCCCCCCCCCCCCC/C=C\C/C=C\CCCCCCC. The van der Waals surface area contributed by atoms with Gasteiger partial charge in [-0.05, 0) is 83.5 Å². The van der Waals surface area contributed by atoms with Gasteiger partial charge in [0.15, 0.2) is 6.10 Å². The summed E-state index contributed by atoms with van der Waals surface area (Å²) in [6.07, 6.45) is 69.8. The minimum absolute atomic E-state index is 0.0769. The fourth-order valence-corrected chi connectivity index (χ4v) is 8.19. The van der Waals surface area contributed by atoms with Crippen molar-refractivity contribution < 1.29 is 28.6 Å². The Hall–Kier alpha value is -2.89. The van der Waals surface area contributed by atoms with E-state index >= 15 is 0 Å². The van der Waals surface area contributed by atoms with Crippen molar-refractivity contribution in [1.29, 1.82) is 0 Å². The molecule has 0 saturated carbocycles. The molecule has 0 rings (SSSR count). The minimum Gasteiger partial charge on any atom is -0.462 e. The minimum atomic E-state index is -0.775. The summed E-state index contributed by atoms with van der Waals surface area (Å²) in [6, 6.07) is 0. The van der Waals surface area contributed by atoms with Gasteiger partial charge in [0.2, 0.25) is 0 Å². The first-order valence-corrected chi connectivity index (χ1v) is 28.8. The first kappa shape index (κ1) is 64.1. The molecule has 0 fully saturated rings. The molecule has 0 aromatic heterocycles. The number of unbranched alkanes of at least 4 members (excludes halogenated alkanes) is 31. The highest BCUT2D eigenvalue weighted by atomic mass is 16.6. The molecule has 0 aliphatic rings. The van der Waals surface area contributed by atoms with Crippen LogP contribution in [0.25, 0.3) is 0 Å². The molecule has 1 atom stereocenters. The van der Waals surface area contributed by atoms with Crippen molar-refractivity contribution >= 4 is 17.9 Å². The zero-order chi connectivity index (χ0) is 48.6. The van der Waals surface area contributed by atoms with Crippen LogP contribution in [0.3, 0.4) is 0 Å². The standard InChI is InChI=1S/C61H108O6/c1-4-7-10-13-15-17-19-21-23-25-26-27-28-29-30-31-32-33-34-36-37-39-41-43-45-48-51-54-60(63)66-57-58(56-65-59(62)53-50-47-12-9-6-3)67-61(64)55-52-49-46-44-42-40-38-35-24-22-20-18-16-14-11-8-5-2/h8,11,16,18-19,21-22,24-26,58H,4-7,9-10,12-15,17,20,23,27-57H2,1-3H3/b11-8-,18-16-,21-19-,24-22-,26-25-. The van der Waals surface area contributed by atoms with Crippen LogP contribution in [-0.2, 0) is 28.6 Å². The number of allylic oxidation sites excluding steroid dienone is 10. The van der Waals surface area contributed by atoms with E-state index in [1.807, 2.05) is 0 Å². The van der Waals surface area contributed by atoms with Gasteiger partial charge in [-0.25, -0.2) is 0 Å². The molecule has 0 heterocycles. The van der Waals surface area contributed by atoms with Crippen LogP contribution < -0.4 is 0 Å². The second-order valence-electron chi connectivity index (χ2n) is 19.2. The number of hydrogen-bond donors (Lipinski definition) is 0. The van der Waals surface area contributed by atoms with Crippen molar-refractivity contribution in [2.45, 2.75) is 297 Å². The molecule has 1 unspecified atom stereocenters. The second kappa shape index (κ2) is 55.7. The third-order valence-electron chi connectivity index (χ3n) is 12.5. The van der Waals surface area contributed by atoms with Crippen LogP contribution in [0.15, 0.2) is 60.8 Å². The molecule has 0 aliphatic heterocycles. The van der Waals surface area contributed by atoms with Gasteiger partial charge in [0.25, 0.3) is 0 Å². The molecule has 0 radical (unpaired) electrons. The maximum absolute atomic E-state index is 12.8. The van der Waals surface area contributed by atoms with Crippen molar-refractivity contribution in [2.24, 2.45) is 0 Å². The molecule has 0 amide bonds. The van der Waals surface area contributed by atoms with Gasteiger partial charge in [0.05, 0.1) is 0 Å². The summed E-state index contributed by atoms with van der Waals surface area (Å²) < 4.78 is 16.7. The van der Waals surface area contributed by atoms with Gasteiger partial charge in [-0.3, -0.25) is 14.4 Å². The lowest BCUT2D eigenvalue weighted by atomic mass is 10.0. The van der Waals surface area contributed by atoms with Crippen molar-refractivity contribution in [1.82, 2.24) is 0 Å². The van der Waals surface area contributed by atoms with Crippen molar-refractivity contribution in [3.8, 4) is 0 Å². The lowest BCUT2D eigenvalue weighted by Crippen LogP contribution is -2.30. The lowest BCUT2D eigenvalue weighted by Gasteiger charge is -2.18. The third kappa shape index (κ3) is 53.9. The number of carbonyl (C=O) groups excluding carboxylic acids is 3. The molecule has 67 heavy (non-hydrogen) atoms. The van der Waals surface area contributed by atoms with Gasteiger partial charge in [0.1, 0.15) is 13.2 Å². The van der Waals surface area contributed by atoms with Crippen LogP contribution in [0, 0.1) is 0 Å². The van der Waals surface area contributed by atoms with Crippen LogP contribution in [0.1, 0.15) is 290 Å². The van der Waals surface area contributed by atoms with Gasteiger partial charge in [-0.15, -0.1) is 0 Å². The van der Waals surface area contributed by atoms with Gasteiger partial charge >= 0.3 is 17.9 Å². The summed E-state index contributed by atoms with van der Waals surface area (Å²) in [6.45, 7) is 6.45. The third-order valence-corrected chi connectivity index (χ3v) is 12.5. The van der Waals surface area contributed by atoms with E-state index in [0.717, 1.165) is 96.3 Å². The van der Waals surface area contributed by atoms with E-state index in [0.29, 0.717) is 19.3 Å². The van der Waals surface area contributed by atoms with E-state index in [4.69, 9.17) is 14.2 Å². The fraction of sp³-hybridized carbons (Fsp3) is 0.787. The first-order chi connectivity index (χ1) is 33.0. The highest BCUT2D eigenvalue weighted by molar-refractivity contribution is 5.71. The predicted molar refractivity (Wildman–Crippen MR) is 288 cm³/mol. The monoisotopic (exact) mass is 937 g/mol. The van der Waals surface area contributed by atoms with Crippen LogP contribution in [0.2, 0.25) is 0 Å². The van der Waals surface area contributed by atoms with Crippen LogP contribution >= 0.6 is 0 Å². The molecule has 0 aromatic carbocycles. The topological polar surface area (TPSA) is 78.9 Å². The van der Waals surface area contributed by atoms with Gasteiger partial charge in [-0.1, -0.05) is 248 Å². The molecule has 0 aromatic rings. The second-order valence-corrected chi connectivity index (χ2v) is 19.2. The van der Waals surface area contributed by atoms with Gasteiger partial charge in [0, 0.05) is 19.3 Å². The Bertz CT molecular complexity index is 1210. The zero-order valence-corrected chi connectivity index (χ0v) is 44.4. The van der Waals surface area contributed by atoms with E-state index in [2.05, 4.69) is 81.5 Å². The summed E-state index contributed by atoms with van der Waals surface area (Å²) in [4.78, 5) is 37.8. The summed E-state index contributed by atoms with van der Waals surface area (Å²) in [7, 11) is 0. The molecule has 6 nitrogen and oxygen atoms in total. The Kier molecular flexibility index (Phi) is 53.3. The zero-order valence-electron chi connectivity index (χ0n) is 44.4. The average molecular weight is 938 g/mol. The Morgan fingerprint density at radius 1 is 0.313 bits per heavy atom. The fourth-order valence-electron chi connectivity index (χ4n) is 8.19. The van der Waals surface area contributed by atoms with E-state index in [9.17, 15) is 14.4 Å². The summed E-state index contributed by atoms with van der Waals surface area (Å²) in [5.41, 5.74) is 0. The summed E-state index contributed by atoms with van der Waals surface area (Å²) in [5, 5.41) is 0. The maximum atomic E-state index is 12.8. The number of esters is 3. The van der Waals surface area contributed by atoms with Crippen molar-refractivity contribution in [3.63, 3.8) is 0 Å². The number of carbonyl (C=O) groups is 3. The quantitative estimate of drug-likeness (QED) is 0.0262. The lowest BCUT2D eigenvalue weighted by molar-refractivity contribution is -0.167. The van der Waals surface area contributed by atoms with Gasteiger partial charge in [-0.2, -0.15) is 0 Å². The molecular weight excluding hydrogens is 829 g/mol. The Labute approximate surface area is 415 Å². The highest BCUT2D eigenvalue weighted by Gasteiger charge is 2.19. The largest absolute Gasteiger partial charge is 0.462 e. The number of ether oxygens (including phenoxy) is 3. The molecule has 0 spiro atoms. The molecule has 0 bridgehead atoms. The molecular formula is C61H108O6. The number of rotatable bonds is 52. The Balaban J connectivity index is 4.03.